The van der Waals surface area contributed by atoms with Gasteiger partial charge in [-0.25, -0.2) is 9.59 Å². The Balaban J connectivity index is 2.35. The van der Waals surface area contributed by atoms with Crippen LogP contribution in [0.1, 0.15) is 12.0 Å². The molecule has 20 heavy (non-hydrogen) atoms. The monoisotopic (exact) mass is 280 g/mol. The van der Waals surface area contributed by atoms with Crippen molar-refractivity contribution in [3.8, 4) is 0 Å². The Labute approximate surface area is 115 Å². The predicted octanol–water partition coefficient (Wildman–Crippen LogP) is 0.456. The van der Waals surface area contributed by atoms with Crippen LogP contribution in [0.5, 0.6) is 0 Å². The van der Waals surface area contributed by atoms with Crippen molar-refractivity contribution in [2.45, 2.75) is 18.9 Å². The second-order valence-corrected chi connectivity index (χ2v) is 4.12. The summed E-state index contributed by atoms with van der Waals surface area (Å²) in [6.45, 7) is 0.329. The highest BCUT2D eigenvalue weighted by molar-refractivity contribution is 5.86. The summed E-state index contributed by atoms with van der Waals surface area (Å²) >= 11 is 0. The average Bonchev–Trinajstić information content (AvgIpc) is 2.38. The largest absolute Gasteiger partial charge is 0.481 e. The molecule has 7 nitrogen and oxygen atoms in total. The van der Waals surface area contributed by atoms with Gasteiger partial charge in [0, 0.05) is 6.54 Å². The summed E-state index contributed by atoms with van der Waals surface area (Å²) in [6, 6.07) is 7.31. The van der Waals surface area contributed by atoms with Gasteiger partial charge in [-0.05, 0) is 12.0 Å². The van der Waals surface area contributed by atoms with E-state index in [9.17, 15) is 14.4 Å². The molecule has 1 rings (SSSR count). The molecular weight excluding hydrogens is 264 g/mol. The van der Waals surface area contributed by atoms with Crippen LogP contribution in [0.4, 0.5) is 4.79 Å². The molecule has 4 N–H and O–H groups in total. The first kappa shape index (κ1) is 15.5. The molecule has 108 valence electrons. The summed E-state index contributed by atoms with van der Waals surface area (Å²) in [6.07, 6.45) is -0.0631. The smallest absolute Gasteiger partial charge is 0.326 e. The Kier molecular flexibility index (Phi) is 6.02. The minimum atomic E-state index is -1.44. The van der Waals surface area contributed by atoms with E-state index in [1.165, 1.54) is 0 Å². The number of carboxylic acids is 2. The van der Waals surface area contributed by atoms with Crippen LogP contribution >= 0.6 is 0 Å². The maximum atomic E-state index is 11.5. The molecule has 0 aliphatic carbocycles. The van der Waals surface area contributed by atoms with Gasteiger partial charge in [0.05, 0.1) is 6.42 Å². The van der Waals surface area contributed by atoms with E-state index in [4.69, 9.17) is 10.2 Å². The maximum absolute atomic E-state index is 11.5. The number of nitrogens with one attached hydrogen (secondary N) is 2. The fourth-order valence-corrected chi connectivity index (χ4v) is 1.55. The molecule has 0 spiro atoms. The number of carbonyl (C=O) groups excluding carboxylic acids is 1. The van der Waals surface area contributed by atoms with Crippen LogP contribution in [-0.2, 0) is 16.0 Å². The Morgan fingerprint density at radius 3 is 2.30 bits per heavy atom. The number of carbonyl (C=O) groups is 3. The van der Waals surface area contributed by atoms with Crippen molar-refractivity contribution in [2.75, 3.05) is 6.54 Å². The lowest BCUT2D eigenvalue weighted by molar-refractivity contribution is -0.145. The number of aliphatic carboxylic acids is 2. The van der Waals surface area contributed by atoms with E-state index in [0.29, 0.717) is 13.0 Å². The van der Waals surface area contributed by atoms with E-state index in [-0.39, 0.29) is 0 Å². The van der Waals surface area contributed by atoms with E-state index < -0.39 is 30.4 Å². The fraction of sp³-hybridized carbons (Fsp3) is 0.308. The van der Waals surface area contributed by atoms with Crippen molar-refractivity contribution >= 4 is 18.0 Å². The van der Waals surface area contributed by atoms with Gasteiger partial charge in [0.15, 0.2) is 0 Å². The highest BCUT2D eigenvalue weighted by Crippen LogP contribution is 1.98. The number of rotatable bonds is 7. The molecule has 0 fully saturated rings. The van der Waals surface area contributed by atoms with Gasteiger partial charge in [0.1, 0.15) is 6.04 Å². The zero-order valence-electron chi connectivity index (χ0n) is 10.7. The zero-order valence-corrected chi connectivity index (χ0v) is 10.7. The molecule has 0 aromatic heterocycles. The summed E-state index contributed by atoms with van der Waals surface area (Å²) < 4.78 is 0. The fourth-order valence-electron chi connectivity index (χ4n) is 1.55. The molecule has 0 aliphatic rings. The predicted molar refractivity (Wildman–Crippen MR) is 70.4 cm³/mol. The van der Waals surface area contributed by atoms with Crippen LogP contribution in [0.25, 0.3) is 0 Å². The summed E-state index contributed by atoms with van der Waals surface area (Å²) in [4.78, 5) is 32.7. The summed E-state index contributed by atoms with van der Waals surface area (Å²) in [5, 5.41) is 21.9. The van der Waals surface area contributed by atoms with Crippen LogP contribution in [0.3, 0.4) is 0 Å². The van der Waals surface area contributed by atoms with Gasteiger partial charge in [0.2, 0.25) is 0 Å². The highest BCUT2D eigenvalue weighted by atomic mass is 16.4. The van der Waals surface area contributed by atoms with E-state index in [1.807, 2.05) is 30.3 Å². The number of carboxylic acid groups (broad SMARTS) is 2. The molecule has 0 heterocycles. The average molecular weight is 280 g/mol. The van der Waals surface area contributed by atoms with Crippen molar-refractivity contribution < 1.29 is 24.6 Å². The summed E-state index contributed by atoms with van der Waals surface area (Å²) in [5.74, 6) is -2.67. The van der Waals surface area contributed by atoms with Crippen LogP contribution in [0, 0.1) is 0 Å². The summed E-state index contributed by atoms with van der Waals surface area (Å²) in [5.41, 5.74) is 1.04. The first-order chi connectivity index (χ1) is 9.49. The topological polar surface area (TPSA) is 116 Å². The Morgan fingerprint density at radius 2 is 1.75 bits per heavy atom. The van der Waals surface area contributed by atoms with Gasteiger partial charge in [-0.1, -0.05) is 30.3 Å². The maximum Gasteiger partial charge on any atom is 0.326 e. The van der Waals surface area contributed by atoms with E-state index in [1.54, 1.807) is 0 Å². The number of urea groups is 1. The van der Waals surface area contributed by atoms with Gasteiger partial charge in [-0.15, -0.1) is 0 Å². The highest BCUT2D eigenvalue weighted by Gasteiger charge is 2.22. The Bertz CT molecular complexity index is 475. The molecule has 0 bridgehead atoms. The molecule has 0 saturated carbocycles. The third-order valence-electron chi connectivity index (χ3n) is 2.52. The minimum absolute atomic E-state index is 0.329. The Morgan fingerprint density at radius 1 is 1.10 bits per heavy atom. The van der Waals surface area contributed by atoms with Gasteiger partial charge < -0.3 is 20.8 Å². The van der Waals surface area contributed by atoms with E-state index in [2.05, 4.69) is 10.6 Å². The van der Waals surface area contributed by atoms with Gasteiger partial charge in [-0.2, -0.15) is 0 Å². The SMILES string of the molecule is O=C(O)C[C@@H](NC(=O)NCCc1ccccc1)C(=O)O. The van der Waals surface area contributed by atoms with Crippen molar-refractivity contribution in [1.82, 2.24) is 10.6 Å². The Hall–Kier alpha value is -2.57. The number of benzene rings is 1. The minimum Gasteiger partial charge on any atom is -0.481 e. The van der Waals surface area contributed by atoms with Crippen LogP contribution in [0.2, 0.25) is 0 Å². The molecular formula is C13H16N2O5. The van der Waals surface area contributed by atoms with Crippen LogP contribution in [-0.4, -0.2) is 40.8 Å². The zero-order chi connectivity index (χ0) is 15.0. The second kappa shape index (κ2) is 7.78. The normalized spacial score (nSPS) is 11.4. The lowest BCUT2D eigenvalue weighted by atomic mass is 10.1. The van der Waals surface area contributed by atoms with E-state index in [0.717, 1.165) is 5.56 Å². The molecule has 1 aromatic rings. The first-order valence-electron chi connectivity index (χ1n) is 6.02. The van der Waals surface area contributed by atoms with Gasteiger partial charge in [-0.3, -0.25) is 4.79 Å². The molecule has 1 atom stereocenters. The van der Waals surface area contributed by atoms with Gasteiger partial charge in [0.25, 0.3) is 0 Å². The number of hydrogen-bond acceptors (Lipinski definition) is 3. The van der Waals surface area contributed by atoms with Gasteiger partial charge >= 0.3 is 18.0 Å². The number of hydrogen-bond donors (Lipinski definition) is 4. The molecule has 7 heteroatoms. The lowest BCUT2D eigenvalue weighted by Crippen LogP contribution is -2.47. The van der Waals surface area contributed by atoms with Crippen molar-refractivity contribution in [3.63, 3.8) is 0 Å². The van der Waals surface area contributed by atoms with Crippen LogP contribution < -0.4 is 10.6 Å². The molecule has 2 amide bonds. The molecule has 0 radical (unpaired) electrons. The number of amides is 2. The molecule has 0 unspecified atom stereocenters. The first-order valence-corrected chi connectivity index (χ1v) is 6.02. The van der Waals surface area contributed by atoms with Crippen molar-refractivity contribution in [1.29, 1.82) is 0 Å². The third-order valence-corrected chi connectivity index (χ3v) is 2.52. The second-order valence-electron chi connectivity index (χ2n) is 4.12. The molecule has 0 saturated heterocycles. The van der Waals surface area contributed by atoms with Crippen LogP contribution in [0.15, 0.2) is 30.3 Å². The van der Waals surface area contributed by atoms with E-state index >= 15 is 0 Å². The summed E-state index contributed by atoms with van der Waals surface area (Å²) in [7, 11) is 0. The third kappa shape index (κ3) is 5.85. The molecule has 1 aromatic carbocycles. The van der Waals surface area contributed by atoms with Crippen molar-refractivity contribution in [2.24, 2.45) is 0 Å². The standard InChI is InChI=1S/C13H16N2O5/c16-11(17)8-10(12(18)19)15-13(20)14-7-6-9-4-2-1-3-5-9/h1-5,10H,6-8H2,(H,16,17)(H,18,19)(H2,14,15,20)/t10-/m1/s1. The molecule has 0 aliphatic heterocycles. The quantitative estimate of drug-likeness (QED) is 0.579. The van der Waals surface area contributed by atoms with Crippen molar-refractivity contribution in [3.05, 3.63) is 35.9 Å². The lowest BCUT2D eigenvalue weighted by Gasteiger charge is -2.13.